The van der Waals surface area contributed by atoms with Crippen LogP contribution in [-0.4, -0.2) is 6.54 Å². The van der Waals surface area contributed by atoms with Crippen molar-refractivity contribution in [2.45, 2.75) is 18.9 Å². The molecule has 1 atom stereocenters. The molecule has 0 aliphatic carbocycles. The molecule has 0 spiro atoms. The van der Waals surface area contributed by atoms with E-state index in [2.05, 4.69) is 27.3 Å². The van der Waals surface area contributed by atoms with Gasteiger partial charge in [0.2, 0.25) is 0 Å². The highest BCUT2D eigenvalue weighted by Crippen LogP contribution is 2.31. The van der Waals surface area contributed by atoms with Gasteiger partial charge in [0.05, 0.1) is 0 Å². The Kier molecular flexibility index (Phi) is 2.92. The zero-order valence-electron chi connectivity index (χ0n) is 7.19. The van der Waals surface area contributed by atoms with Crippen LogP contribution in [0.25, 0.3) is 0 Å². The third-order valence-electron chi connectivity index (χ3n) is 2.40. The van der Waals surface area contributed by atoms with Crippen LogP contribution < -0.4 is 5.32 Å². The molecule has 1 fully saturated rings. The van der Waals surface area contributed by atoms with Crippen LogP contribution in [0.4, 0.5) is 0 Å². The molecule has 1 aliphatic heterocycles. The Morgan fingerprint density at radius 2 is 2.31 bits per heavy atom. The molecule has 0 aromatic heterocycles. The summed E-state index contributed by atoms with van der Waals surface area (Å²) in [5.41, 5.74) is 1.32. The van der Waals surface area contributed by atoms with Crippen molar-refractivity contribution < 1.29 is 0 Å². The van der Waals surface area contributed by atoms with E-state index in [0.29, 0.717) is 6.04 Å². The van der Waals surface area contributed by atoms with Crippen molar-refractivity contribution in [3.05, 3.63) is 33.3 Å². The zero-order chi connectivity index (χ0) is 9.26. The highest BCUT2D eigenvalue weighted by molar-refractivity contribution is 9.10. The number of hydrogen-bond acceptors (Lipinski definition) is 1. The summed E-state index contributed by atoms with van der Waals surface area (Å²) in [7, 11) is 0. The van der Waals surface area contributed by atoms with E-state index in [1.807, 2.05) is 12.1 Å². The van der Waals surface area contributed by atoms with Crippen LogP contribution in [0.3, 0.4) is 0 Å². The van der Waals surface area contributed by atoms with Gasteiger partial charge in [-0.3, -0.25) is 0 Å². The second-order valence-corrected chi connectivity index (χ2v) is 4.61. The average molecular weight is 261 g/mol. The standard InChI is InChI=1S/C10H11BrClN/c11-9-6-7(12)3-4-8(9)10-2-1-5-13-10/h3-4,6,10,13H,1-2,5H2/t10-/m0/s1. The van der Waals surface area contributed by atoms with Crippen LogP contribution in [-0.2, 0) is 0 Å². The minimum atomic E-state index is 0.506. The number of hydrogen-bond donors (Lipinski definition) is 1. The summed E-state index contributed by atoms with van der Waals surface area (Å²) in [5, 5.41) is 4.25. The Hall–Kier alpha value is -0.0500. The smallest absolute Gasteiger partial charge is 0.0417 e. The Balaban J connectivity index is 2.29. The molecule has 0 bridgehead atoms. The molecule has 1 N–H and O–H groups in total. The van der Waals surface area contributed by atoms with Gasteiger partial charge in [-0.25, -0.2) is 0 Å². The fraction of sp³-hybridized carbons (Fsp3) is 0.400. The summed E-state index contributed by atoms with van der Waals surface area (Å²) in [6, 6.07) is 6.50. The van der Waals surface area contributed by atoms with Crippen LogP contribution in [0.2, 0.25) is 5.02 Å². The molecule has 1 aromatic carbocycles. The highest BCUT2D eigenvalue weighted by atomic mass is 79.9. The first-order valence-electron chi connectivity index (χ1n) is 4.46. The van der Waals surface area contributed by atoms with E-state index in [9.17, 15) is 0 Å². The van der Waals surface area contributed by atoms with Crippen molar-refractivity contribution in [1.29, 1.82) is 0 Å². The lowest BCUT2D eigenvalue weighted by Gasteiger charge is -2.12. The van der Waals surface area contributed by atoms with Gasteiger partial charge in [-0.15, -0.1) is 0 Å². The largest absolute Gasteiger partial charge is 0.310 e. The number of benzene rings is 1. The highest BCUT2D eigenvalue weighted by Gasteiger charge is 2.18. The summed E-state index contributed by atoms with van der Waals surface area (Å²) in [5.74, 6) is 0. The third kappa shape index (κ3) is 2.06. The van der Waals surface area contributed by atoms with Gasteiger partial charge in [0.15, 0.2) is 0 Å². The Bertz CT molecular complexity index is 308. The van der Waals surface area contributed by atoms with Crippen LogP contribution in [0.5, 0.6) is 0 Å². The molecule has 1 aromatic rings. The van der Waals surface area contributed by atoms with Gasteiger partial charge in [0, 0.05) is 15.5 Å². The molecule has 1 saturated heterocycles. The molecule has 0 unspecified atom stereocenters. The minimum Gasteiger partial charge on any atom is -0.310 e. The summed E-state index contributed by atoms with van der Waals surface area (Å²) >= 11 is 9.41. The van der Waals surface area contributed by atoms with Crippen molar-refractivity contribution in [3.8, 4) is 0 Å². The summed E-state index contributed by atoms with van der Waals surface area (Å²) in [6.07, 6.45) is 2.49. The lowest BCUT2D eigenvalue weighted by molar-refractivity contribution is 0.645. The maximum absolute atomic E-state index is 5.87. The second-order valence-electron chi connectivity index (χ2n) is 3.31. The molecule has 0 amide bonds. The average Bonchev–Trinajstić information content (AvgIpc) is 2.56. The normalized spacial score (nSPS) is 22.2. The van der Waals surface area contributed by atoms with Gasteiger partial charge in [-0.2, -0.15) is 0 Å². The molecule has 70 valence electrons. The zero-order valence-corrected chi connectivity index (χ0v) is 9.53. The molecule has 0 radical (unpaired) electrons. The van der Waals surface area contributed by atoms with Gasteiger partial charge in [-0.05, 0) is 37.1 Å². The monoisotopic (exact) mass is 259 g/mol. The Labute approximate surface area is 91.6 Å². The number of nitrogens with one attached hydrogen (secondary N) is 1. The topological polar surface area (TPSA) is 12.0 Å². The van der Waals surface area contributed by atoms with Crippen molar-refractivity contribution >= 4 is 27.5 Å². The van der Waals surface area contributed by atoms with Crippen LogP contribution in [0, 0.1) is 0 Å². The summed E-state index contributed by atoms with van der Waals surface area (Å²) in [4.78, 5) is 0. The maximum Gasteiger partial charge on any atom is 0.0417 e. The van der Waals surface area contributed by atoms with Crippen LogP contribution in [0.15, 0.2) is 22.7 Å². The Morgan fingerprint density at radius 1 is 1.46 bits per heavy atom. The molecule has 1 nitrogen and oxygen atoms in total. The van der Waals surface area contributed by atoms with E-state index in [1.165, 1.54) is 18.4 Å². The third-order valence-corrected chi connectivity index (χ3v) is 3.32. The van der Waals surface area contributed by atoms with Crippen molar-refractivity contribution in [2.75, 3.05) is 6.54 Å². The van der Waals surface area contributed by atoms with Crippen LogP contribution in [0.1, 0.15) is 24.4 Å². The van der Waals surface area contributed by atoms with Crippen LogP contribution >= 0.6 is 27.5 Å². The SMILES string of the molecule is Clc1ccc([C@@H]2CCCN2)c(Br)c1. The quantitative estimate of drug-likeness (QED) is 0.814. The van der Waals surface area contributed by atoms with Gasteiger partial charge in [0.1, 0.15) is 0 Å². The number of rotatable bonds is 1. The first-order valence-corrected chi connectivity index (χ1v) is 5.63. The van der Waals surface area contributed by atoms with E-state index in [-0.39, 0.29) is 0 Å². The minimum absolute atomic E-state index is 0.506. The van der Waals surface area contributed by atoms with E-state index in [1.54, 1.807) is 0 Å². The van der Waals surface area contributed by atoms with Gasteiger partial charge < -0.3 is 5.32 Å². The van der Waals surface area contributed by atoms with Crippen molar-refractivity contribution in [1.82, 2.24) is 5.32 Å². The second kappa shape index (κ2) is 3.99. The lowest BCUT2D eigenvalue weighted by Crippen LogP contribution is -2.13. The molecular formula is C10H11BrClN. The maximum atomic E-state index is 5.87. The molecule has 2 rings (SSSR count). The van der Waals surface area contributed by atoms with Gasteiger partial charge in [-0.1, -0.05) is 33.6 Å². The molecule has 1 heterocycles. The van der Waals surface area contributed by atoms with Crippen molar-refractivity contribution in [2.24, 2.45) is 0 Å². The fourth-order valence-corrected chi connectivity index (χ4v) is 2.69. The Morgan fingerprint density at radius 3 is 2.92 bits per heavy atom. The first-order chi connectivity index (χ1) is 6.27. The molecule has 1 aliphatic rings. The summed E-state index contributed by atoms with van der Waals surface area (Å²) < 4.78 is 1.11. The predicted octanol–water partition coefficient (Wildman–Crippen LogP) is 3.53. The number of halogens is 2. The van der Waals surface area contributed by atoms with Gasteiger partial charge >= 0.3 is 0 Å². The molecule has 3 heteroatoms. The van der Waals surface area contributed by atoms with E-state index in [4.69, 9.17) is 11.6 Å². The van der Waals surface area contributed by atoms with E-state index >= 15 is 0 Å². The van der Waals surface area contributed by atoms with E-state index in [0.717, 1.165) is 16.0 Å². The van der Waals surface area contributed by atoms with Gasteiger partial charge in [0.25, 0.3) is 0 Å². The first kappa shape index (κ1) is 9.50. The molecule has 0 saturated carbocycles. The predicted molar refractivity (Wildman–Crippen MR) is 59.1 cm³/mol. The summed E-state index contributed by atoms with van der Waals surface area (Å²) in [6.45, 7) is 1.12. The lowest BCUT2D eigenvalue weighted by atomic mass is 10.1. The van der Waals surface area contributed by atoms with Crippen molar-refractivity contribution in [3.63, 3.8) is 0 Å². The molecular weight excluding hydrogens is 249 g/mol. The molecule has 13 heavy (non-hydrogen) atoms. The fourth-order valence-electron chi connectivity index (χ4n) is 1.73. The van der Waals surface area contributed by atoms with E-state index < -0.39 is 0 Å².